The summed E-state index contributed by atoms with van der Waals surface area (Å²) >= 11 is 6.90. The molecule has 0 amide bonds. The Morgan fingerprint density at radius 2 is 2.12 bits per heavy atom. The summed E-state index contributed by atoms with van der Waals surface area (Å²) in [5, 5.41) is 8.73. The fourth-order valence-corrected chi connectivity index (χ4v) is 5.76. The average Bonchev–Trinajstić information content (AvgIpc) is 2.89. The molecule has 2 heterocycles. The first kappa shape index (κ1) is 19.8. The Labute approximate surface area is 154 Å². The number of hydrogen-bond acceptors (Lipinski definition) is 7. The van der Waals surface area contributed by atoms with E-state index in [0.29, 0.717) is 23.0 Å². The van der Waals surface area contributed by atoms with Crippen LogP contribution in [0, 0.1) is 9.87 Å². The van der Waals surface area contributed by atoms with Crippen LogP contribution in [0.3, 0.4) is 0 Å². The van der Waals surface area contributed by atoms with Gasteiger partial charge in [0, 0.05) is 18.1 Å². The molecule has 1 fully saturated rings. The van der Waals surface area contributed by atoms with E-state index >= 15 is 0 Å². The molecule has 0 saturated carbocycles. The molecule has 0 aromatic carbocycles. The highest BCUT2D eigenvalue weighted by Gasteiger charge is 2.32. The van der Waals surface area contributed by atoms with Crippen molar-refractivity contribution in [3.63, 3.8) is 0 Å². The summed E-state index contributed by atoms with van der Waals surface area (Å²) in [5.41, 5.74) is -0.0748. The molecule has 24 heavy (non-hydrogen) atoms. The monoisotopic (exact) mass is 392 g/mol. The Kier molecular flexibility index (Phi) is 6.10. The van der Waals surface area contributed by atoms with Crippen molar-refractivity contribution in [2.45, 2.75) is 59.3 Å². The summed E-state index contributed by atoms with van der Waals surface area (Å²) in [6, 6.07) is 0.0556. The molecule has 1 saturated heterocycles. The largest absolute Gasteiger partial charge is 0.356 e. The van der Waals surface area contributed by atoms with Crippen LogP contribution in [0.25, 0.3) is 0 Å². The van der Waals surface area contributed by atoms with Crippen LogP contribution >= 0.6 is 23.6 Å². The predicted octanol–water partition coefficient (Wildman–Crippen LogP) is 2.99. The summed E-state index contributed by atoms with van der Waals surface area (Å²) in [6.07, 6.45) is 0.694. The molecular formula is C15H28N4O2S3. The highest BCUT2D eigenvalue weighted by Crippen LogP contribution is 2.22. The van der Waals surface area contributed by atoms with Gasteiger partial charge in [-0.2, -0.15) is 0 Å². The maximum Gasteiger partial charge on any atom is 0.205 e. The SMILES string of the molecule is CC(C)CN(Cn1nc(NC(C)(C)C)sc1=S)C1CCS(=O)(=O)C1. The first-order valence-corrected chi connectivity index (χ1v) is 11.3. The van der Waals surface area contributed by atoms with E-state index in [4.69, 9.17) is 12.2 Å². The van der Waals surface area contributed by atoms with Gasteiger partial charge in [0.15, 0.2) is 13.8 Å². The minimum absolute atomic E-state index is 0.0556. The Balaban J connectivity index is 2.16. The maximum atomic E-state index is 11.8. The molecule has 1 unspecified atom stereocenters. The third-order valence-electron chi connectivity index (χ3n) is 3.73. The lowest BCUT2D eigenvalue weighted by atomic mass is 10.1. The molecule has 1 aliphatic heterocycles. The van der Waals surface area contributed by atoms with Crippen LogP contribution in [0.4, 0.5) is 5.13 Å². The van der Waals surface area contributed by atoms with E-state index in [1.54, 1.807) is 4.68 Å². The zero-order chi connectivity index (χ0) is 18.1. The number of sulfone groups is 1. The average molecular weight is 393 g/mol. The van der Waals surface area contributed by atoms with Crippen molar-refractivity contribution in [3.8, 4) is 0 Å². The van der Waals surface area contributed by atoms with Crippen molar-refractivity contribution in [1.29, 1.82) is 0 Å². The fourth-order valence-electron chi connectivity index (χ4n) is 2.79. The lowest BCUT2D eigenvalue weighted by molar-refractivity contribution is 0.138. The van der Waals surface area contributed by atoms with Crippen LogP contribution in [-0.2, 0) is 16.5 Å². The minimum atomic E-state index is -2.90. The summed E-state index contributed by atoms with van der Waals surface area (Å²) in [5.74, 6) is 0.976. The van der Waals surface area contributed by atoms with Gasteiger partial charge >= 0.3 is 0 Å². The second-order valence-corrected chi connectivity index (χ2v) is 11.8. The van der Waals surface area contributed by atoms with Crippen LogP contribution in [-0.4, -0.2) is 52.7 Å². The number of nitrogens with one attached hydrogen (secondary N) is 1. The van der Waals surface area contributed by atoms with Gasteiger partial charge in [-0.15, -0.1) is 5.10 Å². The number of hydrogen-bond donors (Lipinski definition) is 1. The zero-order valence-corrected chi connectivity index (χ0v) is 17.5. The molecule has 1 atom stereocenters. The second kappa shape index (κ2) is 7.39. The third kappa shape index (κ3) is 5.79. The van der Waals surface area contributed by atoms with Crippen LogP contribution in [0.5, 0.6) is 0 Å². The number of rotatable bonds is 6. The summed E-state index contributed by atoms with van der Waals surface area (Å²) in [7, 11) is -2.90. The minimum Gasteiger partial charge on any atom is -0.356 e. The quantitative estimate of drug-likeness (QED) is 0.751. The van der Waals surface area contributed by atoms with Gasteiger partial charge < -0.3 is 5.32 Å². The van der Waals surface area contributed by atoms with E-state index in [1.165, 1.54) is 11.3 Å². The number of nitrogens with zero attached hydrogens (tertiary/aromatic N) is 3. The Hall–Kier alpha value is -0.510. The lowest BCUT2D eigenvalue weighted by Crippen LogP contribution is -2.40. The van der Waals surface area contributed by atoms with E-state index in [-0.39, 0.29) is 23.1 Å². The van der Waals surface area contributed by atoms with E-state index < -0.39 is 9.84 Å². The Morgan fingerprint density at radius 3 is 2.62 bits per heavy atom. The molecule has 2 rings (SSSR count). The highest BCUT2D eigenvalue weighted by atomic mass is 32.2. The van der Waals surface area contributed by atoms with Gasteiger partial charge in [0.25, 0.3) is 0 Å². The highest BCUT2D eigenvalue weighted by molar-refractivity contribution is 7.91. The van der Waals surface area contributed by atoms with Gasteiger partial charge in [-0.3, -0.25) is 4.90 Å². The van der Waals surface area contributed by atoms with Gasteiger partial charge in [0.05, 0.1) is 18.2 Å². The third-order valence-corrected chi connectivity index (χ3v) is 6.70. The van der Waals surface area contributed by atoms with Crippen molar-refractivity contribution in [1.82, 2.24) is 14.7 Å². The Morgan fingerprint density at radius 1 is 1.46 bits per heavy atom. The fraction of sp³-hybridized carbons (Fsp3) is 0.867. The van der Waals surface area contributed by atoms with E-state index in [9.17, 15) is 8.42 Å². The van der Waals surface area contributed by atoms with Crippen molar-refractivity contribution < 1.29 is 8.42 Å². The van der Waals surface area contributed by atoms with E-state index in [0.717, 1.165) is 11.7 Å². The van der Waals surface area contributed by atoms with Crippen molar-refractivity contribution in [3.05, 3.63) is 3.95 Å². The predicted molar refractivity (Wildman–Crippen MR) is 103 cm³/mol. The normalized spacial score (nSPS) is 20.9. The van der Waals surface area contributed by atoms with Crippen LogP contribution in [0.15, 0.2) is 0 Å². The summed E-state index contributed by atoms with van der Waals surface area (Å²) < 4.78 is 26.2. The molecule has 9 heteroatoms. The summed E-state index contributed by atoms with van der Waals surface area (Å²) in [6.45, 7) is 11.9. The van der Waals surface area contributed by atoms with Crippen LogP contribution in [0.1, 0.15) is 41.0 Å². The van der Waals surface area contributed by atoms with E-state index in [1.807, 2.05) is 0 Å². The molecule has 0 spiro atoms. The van der Waals surface area contributed by atoms with Gasteiger partial charge in [-0.1, -0.05) is 25.2 Å². The first-order chi connectivity index (χ1) is 11.0. The van der Waals surface area contributed by atoms with Gasteiger partial charge in [0.1, 0.15) is 0 Å². The molecule has 138 valence electrons. The molecular weight excluding hydrogens is 364 g/mol. The topological polar surface area (TPSA) is 67.2 Å². The molecule has 6 nitrogen and oxygen atoms in total. The molecule has 0 bridgehead atoms. The van der Waals surface area contributed by atoms with Crippen molar-refractivity contribution >= 4 is 38.5 Å². The van der Waals surface area contributed by atoms with Crippen LogP contribution in [0.2, 0.25) is 0 Å². The molecule has 1 N–H and O–H groups in total. The van der Waals surface area contributed by atoms with Gasteiger partial charge in [0.2, 0.25) is 5.13 Å². The molecule has 0 aliphatic carbocycles. The van der Waals surface area contributed by atoms with Gasteiger partial charge in [-0.05, 0) is 45.3 Å². The van der Waals surface area contributed by atoms with Crippen molar-refractivity contribution in [2.75, 3.05) is 23.4 Å². The Bertz CT molecular complexity index is 716. The summed E-state index contributed by atoms with van der Waals surface area (Å²) in [4.78, 5) is 2.21. The standard InChI is InChI=1S/C15H28N4O2S3/c1-11(2)8-18(12-6-7-24(20,21)9-12)10-19-14(22)23-13(17-19)16-15(3,4)5/h11-12H,6-10H2,1-5H3,(H,16,17). The zero-order valence-electron chi connectivity index (χ0n) is 15.1. The van der Waals surface area contributed by atoms with Gasteiger partial charge in [-0.25, -0.2) is 13.1 Å². The molecule has 1 aliphatic rings. The number of anilines is 1. The van der Waals surface area contributed by atoms with Crippen LogP contribution < -0.4 is 5.32 Å². The lowest BCUT2D eigenvalue weighted by Gasteiger charge is -2.29. The molecule has 0 radical (unpaired) electrons. The smallest absolute Gasteiger partial charge is 0.205 e. The van der Waals surface area contributed by atoms with Crippen molar-refractivity contribution in [2.24, 2.45) is 5.92 Å². The maximum absolute atomic E-state index is 11.8. The first-order valence-electron chi connectivity index (χ1n) is 8.26. The number of aromatic nitrogens is 2. The molecule has 1 aromatic rings. The second-order valence-electron chi connectivity index (χ2n) is 7.91. The van der Waals surface area contributed by atoms with E-state index in [2.05, 4.69) is 49.9 Å². The molecule has 1 aromatic heterocycles.